The topological polar surface area (TPSA) is 20.2 Å². The van der Waals surface area contributed by atoms with E-state index >= 15 is 0 Å². The van der Waals surface area contributed by atoms with Crippen LogP contribution in [0.15, 0.2) is 51.4 Å². The number of rotatable bonds is 4. The minimum atomic E-state index is -0.520. The standard InChI is InChI=1S/C17H18Br2O/c1-3-13(12-7-5-4-6-8-12)17(20)14-10-15(18)11(2)9-16(14)19/h4-10,13,17,20H,3H2,1-2H3. The lowest BCUT2D eigenvalue weighted by molar-refractivity contribution is 0.141. The van der Waals surface area contributed by atoms with Crippen LogP contribution in [0.2, 0.25) is 0 Å². The minimum absolute atomic E-state index is 0.0992. The van der Waals surface area contributed by atoms with Gasteiger partial charge in [-0.3, -0.25) is 0 Å². The first kappa shape index (κ1) is 15.7. The molecule has 0 aromatic heterocycles. The summed E-state index contributed by atoms with van der Waals surface area (Å²) in [6.07, 6.45) is 0.372. The largest absolute Gasteiger partial charge is 0.388 e. The van der Waals surface area contributed by atoms with Gasteiger partial charge in [0.25, 0.3) is 0 Å². The van der Waals surface area contributed by atoms with E-state index in [-0.39, 0.29) is 5.92 Å². The molecule has 2 aromatic carbocycles. The molecule has 0 aliphatic carbocycles. The van der Waals surface area contributed by atoms with Gasteiger partial charge in [-0.15, -0.1) is 0 Å². The first-order chi connectivity index (χ1) is 9.54. The summed E-state index contributed by atoms with van der Waals surface area (Å²) in [6.45, 7) is 4.15. The molecule has 0 radical (unpaired) electrons. The molecule has 106 valence electrons. The second-order valence-electron chi connectivity index (χ2n) is 4.99. The molecule has 0 saturated carbocycles. The van der Waals surface area contributed by atoms with E-state index in [1.165, 1.54) is 5.56 Å². The zero-order valence-electron chi connectivity index (χ0n) is 11.6. The van der Waals surface area contributed by atoms with E-state index in [2.05, 4.69) is 50.9 Å². The monoisotopic (exact) mass is 396 g/mol. The van der Waals surface area contributed by atoms with E-state index in [9.17, 15) is 5.11 Å². The van der Waals surface area contributed by atoms with Crippen LogP contribution in [0.1, 0.15) is 42.1 Å². The highest BCUT2D eigenvalue weighted by Gasteiger charge is 2.23. The number of aryl methyl sites for hydroxylation is 1. The molecule has 0 spiro atoms. The van der Waals surface area contributed by atoms with E-state index in [4.69, 9.17) is 0 Å². The Morgan fingerprint density at radius 3 is 2.30 bits per heavy atom. The zero-order chi connectivity index (χ0) is 14.7. The highest BCUT2D eigenvalue weighted by molar-refractivity contribution is 9.11. The smallest absolute Gasteiger partial charge is 0.0869 e. The third-order valence-electron chi connectivity index (χ3n) is 3.65. The van der Waals surface area contributed by atoms with Crippen molar-refractivity contribution in [1.29, 1.82) is 0 Å². The van der Waals surface area contributed by atoms with Crippen LogP contribution >= 0.6 is 31.9 Å². The number of aliphatic hydroxyl groups excluding tert-OH is 1. The summed E-state index contributed by atoms with van der Waals surface area (Å²) in [7, 11) is 0. The lowest BCUT2D eigenvalue weighted by Gasteiger charge is -2.24. The second-order valence-corrected chi connectivity index (χ2v) is 6.70. The number of hydrogen-bond donors (Lipinski definition) is 1. The van der Waals surface area contributed by atoms with Crippen molar-refractivity contribution in [2.24, 2.45) is 0 Å². The van der Waals surface area contributed by atoms with E-state index in [1.807, 2.05) is 37.3 Å². The van der Waals surface area contributed by atoms with Gasteiger partial charge < -0.3 is 5.11 Å². The molecule has 1 N–H and O–H groups in total. The summed E-state index contributed by atoms with van der Waals surface area (Å²) in [6, 6.07) is 14.2. The fraction of sp³-hybridized carbons (Fsp3) is 0.294. The Morgan fingerprint density at radius 2 is 1.70 bits per heavy atom. The Hall–Kier alpha value is -0.640. The van der Waals surface area contributed by atoms with Gasteiger partial charge >= 0.3 is 0 Å². The highest BCUT2D eigenvalue weighted by Crippen LogP contribution is 2.38. The zero-order valence-corrected chi connectivity index (χ0v) is 14.8. The van der Waals surface area contributed by atoms with Crippen molar-refractivity contribution in [3.63, 3.8) is 0 Å². The molecule has 0 heterocycles. The Morgan fingerprint density at radius 1 is 1.05 bits per heavy atom. The highest BCUT2D eigenvalue weighted by atomic mass is 79.9. The third kappa shape index (κ3) is 3.33. The molecule has 0 aliphatic heterocycles. The molecule has 2 unspecified atom stereocenters. The van der Waals surface area contributed by atoms with Crippen LogP contribution in [0, 0.1) is 6.92 Å². The maximum absolute atomic E-state index is 10.8. The van der Waals surface area contributed by atoms with Crippen molar-refractivity contribution < 1.29 is 5.11 Å². The lowest BCUT2D eigenvalue weighted by Crippen LogP contribution is -2.11. The molecular formula is C17H18Br2O. The van der Waals surface area contributed by atoms with E-state index in [0.29, 0.717) is 0 Å². The minimum Gasteiger partial charge on any atom is -0.388 e. The van der Waals surface area contributed by atoms with E-state index < -0.39 is 6.10 Å². The molecule has 0 aliphatic rings. The van der Waals surface area contributed by atoms with Gasteiger partial charge in [-0.2, -0.15) is 0 Å². The molecular weight excluding hydrogens is 380 g/mol. The van der Waals surface area contributed by atoms with Crippen molar-refractivity contribution in [2.75, 3.05) is 0 Å². The average molecular weight is 398 g/mol. The number of hydrogen-bond acceptors (Lipinski definition) is 1. The Labute approximate surface area is 137 Å². The number of halogens is 2. The van der Waals surface area contributed by atoms with Gasteiger partial charge in [-0.1, -0.05) is 69.1 Å². The molecule has 2 atom stereocenters. The van der Waals surface area contributed by atoms with Gasteiger partial charge in [0.05, 0.1) is 6.10 Å². The summed E-state index contributed by atoms with van der Waals surface area (Å²) in [4.78, 5) is 0. The summed E-state index contributed by atoms with van der Waals surface area (Å²) < 4.78 is 1.98. The van der Waals surface area contributed by atoms with Crippen LogP contribution in [0.5, 0.6) is 0 Å². The number of benzene rings is 2. The van der Waals surface area contributed by atoms with E-state index in [0.717, 1.165) is 26.5 Å². The predicted octanol–water partition coefficient (Wildman–Crippen LogP) is 5.75. The first-order valence-electron chi connectivity index (χ1n) is 6.73. The quantitative estimate of drug-likeness (QED) is 0.696. The van der Waals surface area contributed by atoms with Crippen LogP contribution in [0.3, 0.4) is 0 Å². The second kappa shape index (κ2) is 6.88. The molecule has 0 amide bonds. The lowest BCUT2D eigenvalue weighted by atomic mass is 9.87. The van der Waals surface area contributed by atoms with Crippen LogP contribution in [-0.2, 0) is 0 Å². The van der Waals surface area contributed by atoms with Crippen molar-refractivity contribution in [3.8, 4) is 0 Å². The van der Waals surface area contributed by atoms with E-state index in [1.54, 1.807) is 0 Å². The molecule has 3 heteroatoms. The SMILES string of the molecule is CCC(c1ccccc1)C(O)c1cc(Br)c(C)cc1Br. The third-order valence-corrected chi connectivity index (χ3v) is 5.19. The van der Waals surface area contributed by atoms with Gasteiger partial charge in [0.1, 0.15) is 0 Å². The molecule has 20 heavy (non-hydrogen) atoms. The molecule has 0 fully saturated rings. The van der Waals surface area contributed by atoms with Crippen molar-refractivity contribution >= 4 is 31.9 Å². The van der Waals surface area contributed by atoms with Crippen molar-refractivity contribution in [3.05, 3.63) is 68.1 Å². The van der Waals surface area contributed by atoms with Gasteiger partial charge in [-0.25, -0.2) is 0 Å². The molecule has 0 bridgehead atoms. The van der Waals surface area contributed by atoms with Crippen LogP contribution in [-0.4, -0.2) is 5.11 Å². The molecule has 2 aromatic rings. The summed E-state index contributed by atoms with van der Waals surface area (Å²) in [5, 5.41) is 10.8. The Bertz CT molecular complexity index is 581. The van der Waals surface area contributed by atoms with Crippen LogP contribution in [0.25, 0.3) is 0 Å². The Balaban J connectivity index is 2.39. The fourth-order valence-electron chi connectivity index (χ4n) is 2.45. The fourth-order valence-corrected chi connectivity index (χ4v) is 3.50. The maximum atomic E-state index is 10.8. The summed E-state index contributed by atoms with van der Waals surface area (Å²) >= 11 is 7.11. The first-order valence-corrected chi connectivity index (χ1v) is 8.31. The molecule has 2 rings (SSSR count). The normalized spacial score (nSPS) is 14.1. The summed E-state index contributed by atoms with van der Waals surface area (Å²) in [5.41, 5.74) is 3.25. The Kier molecular flexibility index (Phi) is 5.42. The predicted molar refractivity (Wildman–Crippen MR) is 91.0 cm³/mol. The molecule has 1 nitrogen and oxygen atoms in total. The van der Waals surface area contributed by atoms with Gasteiger partial charge in [0.2, 0.25) is 0 Å². The van der Waals surface area contributed by atoms with Gasteiger partial charge in [-0.05, 0) is 42.2 Å². The average Bonchev–Trinajstić information content (AvgIpc) is 2.44. The van der Waals surface area contributed by atoms with Crippen LogP contribution in [0.4, 0.5) is 0 Å². The van der Waals surface area contributed by atoms with Gasteiger partial charge in [0, 0.05) is 14.9 Å². The summed E-state index contributed by atoms with van der Waals surface area (Å²) in [5.74, 6) is 0.0992. The number of aliphatic hydroxyl groups is 1. The van der Waals surface area contributed by atoms with Crippen molar-refractivity contribution in [1.82, 2.24) is 0 Å². The van der Waals surface area contributed by atoms with Crippen LogP contribution < -0.4 is 0 Å². The van der Waals surface area contributed by atoms with Gasteiger partial charge in [0.15, 0.2) is 0 Å². The van der Waals surface area contributed by atoms with Crippen molar-refractivity contribution in [2.45, 2.75) is 32.3 Å². The molecule has 0 saturated heterocycles. The maximum Gasteiger partial charge on any atom is 0.0869 e.